The number of ether oxygens (including phenoxy) is 2. The molecule has 0 atom stereocenters. The lowest BCUT2D eigenvalue weighted by Crippen LogP contribution is -2.39. The van der Waals surface area contributed by atoms with Gasteiger partial charge in [0.25, 0.3) is 5.95 Å². The van der Waals surface area contributed by atoms with Crippen molar-refractivity contribution in [3.63, 3.8) is 0 Å². The van der Waals surface area contributed by atoms with Gasteiger partial charge in [-0.25, -0.2) is 20.6 Å². The highest BCUT2D eigenvalue weighted by Gasteiger charge is 2.15. The minimum Gasteiger partial charge on any atom is -0.423 e. The molecule has 0 bridgehead atoms. The van der Waals surface area contributed by atoms with Crippen molar-refractivity contribution >= 4 is 23.8 Å². The van der Waals surface area contributed by atoms with Gasteiger partial charge in [-0.2, -0.15) is 4.98 Å². The molecule has 2 N–H and O–H groups in total. The summed E-state index contributed by atoms with van der Waals surface area (Å²) >= 11 is 0. The van der Waals surface area contributed by atoms with Crippen LogP contribution in [0.4, 0.5) is 5.95 Å². The van der Waals surface area contributed by atoms with E-state index in [0.717, 1.165) is 10.9 Å². The van der Waals surface area contributed by atoms with Gasteiger partial charge >= 0.3 is 17.6 Å². The average Bonchev–Trinajstić information content (AvgIpc) is 2.54. The summed E-state index contributed by atoms with van der Waals surface area (Å²) < 4.78 is 11.0. The van der Waals surface area contributed by atoms with Crippen LogP contribution in [0.5, 0.6) is 11.5 Å². The van der Waals surface area contributed by atoms with Crippen LogP contribution in [0, 0.1) is 0 Å². The van der Waals surface area contributed by atoms with Gasteiger partial charge < -0.3 is 9.47 Å². The number of hydrogen-bond acceptors (Lipinski definition) is 9. The van der Waals surface area contributed by atoms with E-state index in [1.54, 1.807) is 0 Å². The van der Waals surface area contributed by atoms with E-state index in [9.17, 15) is 19.2 Å². The lowest BCUT2D eigenvalue weighted by atomic mass is 10.2. The first-order valence-electron chi connectivity index (χ1n) is 7.21. The van der Waals surface area contributed by atoms with E-state index in [-0.39, 0.29) is 23.1 Å². The van der Waals surface area contributed by atoms with Crippen molar-refractivity contribution in [2.75, 3.05) is 5.01 Å². The van der Waals surface area contributed by atoms with Crippen LogP contribution in [-0.4, -0.2) is 32.4 Å². The summed E-state index contributed by atoms with van der Waals surface area (Å²) in [6.45, 7) is 3.55. The van der Waals surface area contributed by atoms with Gasteiger partial charge in [0.05, 0.1) is 5.69 Å². The number of aromatic nitrogens is 3. The Labute approximate surface area is 146 Å². The number of hydrogen-bond donors (Lipinski definition) is 1. The minimum absolute atomic E-state index is 0.00625. The number of nitrogens with two attached hydrogens (primary N) is 1. The molecule has 1 aromatic carbocycles. The number of hydrazine groups is 1. The SMILES string of the molecule is CC(=O)Oc1ccc(-n2cnc(N(N)C(C)=O)nc2=O)cc1OC(C)=O. The molecule has 2 rings (SSSR count). The lowest BCUT2D eigenvalue weighted by Gasteiger charge is -2.13. The molecule has 1 amide bonds. The van der Waals surface area contributed by atoms with Gasteiger partial charge in [-0.3, -0.25) is 19.0 Å². The highest BCUT2D eigenvalue weighted by molar-refractivity contribution is 5.88. The number of nitrogens with zero attached hydrogens (tertiary/aromatic N) is 4. The zero-order chi connectivity index (χ0) is 19.4. The fourth-order valence-electron chi connectivity index (χ4n) is 1.88. The molecule has 0 aliphatic rings. The van der Waals surface area contributed by atoms with Gasteiger partial charge in [0, 0.05) is 26.8 Å². The van der Waals surface area contributed by atoms with E-state index in [1.165, 1.54) is 39.0 Å². The number of rotatable bonds is 4. The Morgan fingerprint density at radius 2 is 1.69 bits per heavy atom. The van der Waals surface area contributed by atoms with Crippen molar-refractivity contribution in [2.24, 2.45) is 5.84 Å². The van der Waals surface area contributed by atoms with Crippen molar-refractivity contribution in [3.05, 3.63) is 35.0 Å². The zero-order valence-corrected chi connectivity index (χ0v) is 14.1. The second kappa shape index (κ2) is 7.53. The number of anilines is 1. The lowest BCUT2D eigenvalue weighted by molar-refractivity contribution is -0.134. The fourth-order valence-corrected chi connectivity index (χ4v) is 1.88. The normalized spacial score (nSPS) is 10.2. The third kappa shape index (κ3) is 4.27. The molecule has 26 heavy (non-hydrogen) atoms. The Hall–Kier alpha value is -3.60. The van der Waals surface area contributed by atoms with Crippen molar-refractivity contribution in [1.82, 2.24) is 14.5 Å². The molecule has 0 radical (unpaired) electrons. The molecule has 1 aromatic heterocycles. The molecule has 11 nitrogen and oxygen atoms in total. The maximum atomic E-state index is 12.2. The predicted octanol–water partition coefficient (Wildman–Crippen LogP) is -0.295. The summed E-state index contributed by atoms with van der Waals surface area (Å²) in [4.78, 5) is 53.2. The summed E-state index contributed by atoms with van der Waals surface area (Å²) in [5, 5.41) is 0.625. The Balaban J connectivity index is 2.48. The first kappa shape index (κ1) is 18.7. The Morgan fingerprint density at radius 1 is 1.08 bits per heavy atom. The van der Waals surface area contributed by atoms with E-state index >= 15 is 0 Å². The van der Waals surface area contributed by atoms with Crippen LogP contribution in [-0.2, 0) is 14.4 Å². The number of esters is 2. The molecule has 0 aliphatic carbocycles. The molecular formula is C15H15N5O6. The van der Waals surface area contributed by atoms with Crippen LogP contribution in [0.1, 0.15) is 20.8 Å². The van der Waals surface area contributed by atoms with Crippen molar-refractivity contribution in [1.29, 1.82) is 0 Å². The molecular weight excluding hydrogens is 346 g/mol. The fraction of sp³-hybridized carbons (Fsp3) is 0.200. The number of amides is 1. The smallest absolute Gasteiger partial charge is 0.356 e. The van der Waals surface area contributed by atoms with Gasteiger partial charge in [-0.1, -0.05) is 0 Å². The first-order valence-corrected chi connectivity index (χ1v) is 7.21. The minimum atomic E-state index is -0.777. The summed E-state index contributed by atoms with van der Waals surface area (Å²) in [6.07, 6.45) is 1.10. The third-order valence-corrected chi connectivity index (χ3v) is 2.96. The number of carbonyl (C=O) groups excluding carboxylic acids is 3. The average molecular weight is 361 g/mol. The summed E-state index contributed by atoms with van der Waals surface area (Å²) in [5.74, 6) is 3.32. The van der Waals surface area contributed by atoms with Crippen molar-refractivity contribution in [2.45, 2.75) is 20.8 Å². The molecule has 0 spiro atoms. The van der Waals surface area contributed by atoms with E-state index in [0.29, 0.717) is 5.01 Å². The van der Waals surface area contributed by atoms with Crippen LogP contribution in [0.2, 0.25) is 0 Å². The summed E-state index contributed by atoms with van der Waals surface area (Å²) in [7, 11) is 0. The molecule has 136 valence electrons. The topological polar surface area (TPSA) is 147 Å². The van der Waals surface area contributed by atoms with E-state index < -0.39 is 23.5 Å². The van der Waals surface area contributed by atoms with Crippen LogP contribution < -0.4 is 26.0 Å². The van der Waals surface area contributed by atoms with Gasteiger partial charge in [0.2, 0.25) is 5.91 Å². The van der Waals surface area contributed by atoms with Gasteiger partial charge in [-0.15, -0.1) is 0 Å². The van der Waals surface area contributed by atoms with Crippen LogP contribution in [0.15, 0.2) is 29.3 Å². The first-order chi connectivity index (χ1) is 12.2. The maximum absolute atomic E-state index is 12.2. The molecule has 0 aliphatic heterocycles. The Morgan fingerprint density at radius 3 is 2.23 bits per heavy atom. The molecule has 1 heterocycles. The third-order valence-electron chi connectivity index (χ3n) is 2.96. The number of carbonyl (C=O) groups is 3. The van der Waals surface area contributed by atoms with Crippen LogP contribution in [0.3, 0.4) is 0 Å². The second-order valence-corrected chi connectivity index (χ2v) is 5.02. The predicted molar refractivity (Wildman–Crippen MR) is 87.6 cm³/mol. The van der Waals surface area contributed by atoms with Crippen molar-refractivity contribution < 1.29 is 23.9 Å². The Kier molecular flexibility index (Phi) is 5.42. The largest absolute Gasteiger partial charge is 0.423 e. The van der Waals surface area contributed by atoms with Crippen molar-refractivity contribution in [3.8, 4) is 17.2 Å². The van der Waals surface area contributed by atoms with Crippen LogP contribution >= 0.6 is 0 Å². The molecule has 0 saturated heterocycles. The summed E-state index contributed by atoms with van der Waals surface area (Å²) in [6, 6.07) is 4.08. The second-order valence-electron chi connectivity index (χ2n) is 5.02. The van der Waals surface area contributed by atoms with E-state index in [1.807, 2.05) is 0 Å². The van der Waals surface area contributed by atoms with E-state index in [4.69, 9.17) is 15.3 Å². The highest BCUT2D eigenvalue weighted by atomic mass is 16.6. The standard InChI is InChI=1S/C15H15N5O6/c1-8(21)20(16)14-17-7-19(15(24)18-14)11-4-5-12(25-9(2)22)13(6-11)26-10(3)23/h4-7H,16H2,1-3H3. The van der Waals surface area contributed by atoms with Gasteiger partial charge in [0.15, 0.2) is 11.5 Å². The quantitative estimate of drug-likeness (QED) is 0.255. The van der Waals surface area contributed by atoms with E-state index in [2.05, 4.69) is 9.97 Å². The highest BCUT2D eigenvalue weighted by Crippen LogP contribution is 2.29. The van der Waals surface area contributed by atoms with Gasteiger partial charge in [-0.05, 0) is 12.1 Å². The molecule has 0 unspecified atom stereocenters. The molecule has 2 aromatic rings. The monoisotopic (exact) mass is 361 g/mol. The molecule has 11 heteroatoms. The van der Waals surface area contributed by atoms with Crippen LogP contribution in [0.25, 0.3) is 5.69 Å². The zero-order valence-electron chi connectivity index (χ0n) is 14.1. The molecule has 0 saturated carbocycles. The molecule has 0 fully saturated rings. The maximum Gasteiger partial charge on any atom is 0.356 e. The Bertz CT molecular complexity index is 938. The van der Waals surface area contributed by atoms with Gasteiger partial charge in [0.1, 0.15) is 6.33 Å². The number of benzene rings is 1. The summed E-state index contributed by atoms with van der Waals surface area (Å²) in [5.41, 5.74) is -0.541.